The van der Waals surface area contributed by atoms with Crippen LogP contribution in [0.5, 0.6) is 0 Å². The molecule has 0 fully saturated rings. The number of amides is 1. The Labute approximate surface area is 103 Å². The Morgan fingerprint density at radius 1 is 1.35 bits per heavy atom. The first kappa shape index (κ1) is 12.2. The first-order valence-corrected chi connectivity index (χ1v) is 6.52. The summed E-state index contributed by atoms with van der Waals surface area (Å²) in [5, 5.41) is 3.16. The molecule has 1 aliphatic carbocycles. The van der Waals surface area contributed by atoms with Gasteiger partial charge < -0.3 is 5.32 Å². The van der Waals surface area contributed by atoms with Crippen LogP contribution in [0.2, 0.25) is 0 Å². The molecule has 0 bridgehead atoms. The number of benzene rings is 1. The zero-order valence-electron chi connectivity index (χ0n) is 10.9. The molecular weight excluding hydrogens is 210 g/mol. The Balaban J connectivity index is 2.19. The van der Waals surface area contributed by atoms with E-state index in [9.17, 15) is 4.79 Å². The topological polar surface area (TPSA) is 29.1 Å². The molecule has 0 aliphatic heterocycles. The maximum absolute atomic E-state index is 11.8. The van der Waals surface area contributed by atoms with Gasteiger partial charge in [-0.2, -0.15) is 0 Å². The number of carbonyl (C=O) groups excluding carboxylic acids is 1. The van der Waals surface area contributed by atoms with Gasteiger partial charge in [0.25, 0.3) is 0 Å². The second kappa shape index (κ2) is 4.91. The lowest BCUT2D eigenvalue weighted by atomic mass is 9.99. The zero-order valence-corrected chi connectivity index (χ0v) is 10.9. The van der Waals surface area contributed by atoms with Gasteiger partial charge in [0, 0.05) is 5.92 Å². The van der Waals surface area contributed by atoms with Crippen molar-refractivity contribution in [2.24, 2.45) is 5.92 Å². The zero-order chi connectivity index (χ0) is 12.4. The highest BCUT2D eigenvalue weighted by molar-refractivity contribution is 5.78. The lowest BCUT2D eigenvalue weighted by Gasteiger charge is -2.16. The fourth-order valence-corrected chi connectivity index (χ4v) is 2.60. The van der Waals surface area contributed by atoms with E-state index >= 15 is 0 Å². The monoisotopic (exact) mass is 231 g/mol. The van der Waals surface area contributed by atoms with Crippen molar-refractivity contribution in [3.05, 3.63) is 35.4 Å². The predicted molar refractivity (Wildman–Crippen MR) is 69.8 cm³/mol. The highest BCUT2D eigenvalue weighted by Crippen LogP contribution is 2.41. The summed E-state index contributed by atoms with van der Waals surface area (Å²) in [6.45, 7) is 6.09. The van der Waals surface area contributed by atoms with Crippen LogP contribution in [0.4, 0.5) is 0 Å². The summed E-state index contributed by atoms with van der Waals surface area (Å²) in [6, 6.07) is 8.71. The van der Waals surface area contributed by atoms with Crippen molar-refractivity contribution < 1.29 is 4.79 Å². The van der Waals surface area contributed by atoms with E-state index in [4.69, 9.17) is 0 Å². The Hall–Kier alpha value is -1.31. The van der Waals surface area contributed by atoms with Crippen molar-refractivity contribution in [2.75, 3.05) is 0 Å². The van der Waals surface area contributed by atoms with E-state index in [0.29, 0.717) is 5.92 Å². The van der Waals surface area contributed by atoms with E-state index in [1.807, 2.05) is 13.8 Å². The summed E-state index contributed by atoms with van der Waals surface area (Å²) in [4.78, 5) is 11.8. The van der Waals surface area contributed by atoms with Gasteiger partial charge in [0.15, 0.2) is 0 Å². The third kappa shape index (κ3) is 2.36. The highest BCUT2D eigenvalue weighted by Gasteiger charge is 2.30. The Bertz CT molecular complexity index is 411. The third-order valence-corrected chi connectivity index (χ3v) is 3.67. The number of fused-ring (bicyclic) bond motifs is 1. The van der Waals surface area contributed by atoms with Crippen LogP contribution in [0.1, 0.15) is 56.7 Å². The Morgan fingerprint density at radius 2 is 2.00 bits per heavy atom. The highest BCUT2D eigenvalue weighted by atomic mass is 16.1. The molecule has 0 spiro atoms. The minimum Gasteiger partial charge on any atom is -0.349 e. The second-order valence-corrected chi connectivity index (χ2v) is 5.19. The third-order valence-electron chi connectivity index (χ3n) is 3.67. The SMILES string of the molecule is CCC1CC(NC(=O)C(C)C)c2ccccc21. The number of rotatable bonds is 3. The fraction of sp³-hybridized carbons (Fsp3) is 0.533. The molecule has 0 heterocycles. The molecule has 0 radical (unpaired) electrons. The Kier molecular flexibility index (Phi) is 3.51. The molecule has 1 aliphatic rings. The van der Waals surface area contributed by atoms with Crippen LogP contribution in [0, 0.1) is 5.92 Å². The molecule has 1 N–H and O–H groups in total. The van der Waals surface area contributed by atoms with Crippen LogP contribution in [0.3, 0.4) is 0 Å². The van der Waals surface area contributed by atoms with E-state index < -0.39 is 0 Å². The molecule has 2 unspecified atom stereocenters. The van der Waals surface area contributed by atoms with Crippen molar-refractivity contribution >= 4 is 5.91 Å². The first-order chi connectivity index (χ1) is 8.13. The van der Waals surface area contributed by atoms with E-state index in [0.717, 1.165) is 12.8 Å². The molecule has 1 aromatic rings. The van der Waals surface area contributed by atoms with Gasteiger partial charge in [0.1, 0.15) is 0 Å². The molecule has 2 heteroatoms. The van der Waals surface area contributed by atoms with Crippen molar-refractivity contribution in [1.29, 1.82) is 0 Å². The number of nitrogens with one attached hydrogen (secondary N) is 1. The number of hydrogen-bond donors (Lipinski definition) is 1. The van der Waals surface area contributed by atoms with Gasteiger partial charge in [-0.1, -0.05) is 45.0 Å². The van der Waals surface area contributed by atoms with Gasteiger partial charge in [0.05, 0.1) is 6.04 Å². The average molecular weight is 231 g/mol. The second-order valence-electron chi connectivity index (χ2n) is 5.19. The molecule has 17 heavy (non-hydrogen) atoms. The standard InChI is InChI=1S/C15H21NO/c1-4-11-9-14(16-15(17)10(2)3)13-8-6-5-7-12(11)13/h5-8,10-11,14H,4,9H2,1-3H3,(H,16,17). The molecular formula is C15H21NO. The smallest absolute Gasteiger partial charge is 0.223 e. The summed E-state index contributed by atoms with van der Waals surface area (Å²) >= 11 is 0. The minimum atomic E-state index is 0.0582. The van der Waals surface area contributed by atoms with Gasteiger partial charge >= 0.3 is 0 Å². The van der Waals surface area contributed by atoms with Gasteiger partial charge in [-0.05, 0) is 29.9 Å². The van der Waals surface area contributed by atoms with Crippen LogP contribution in [0.25, 0.3) is 0 Å². The van der Waals surface area contributed by atoms with Crippen LogP contribution in [-0.2, 0) is 4.79 Å². The summed E-state index contributed by atoms with van der Waals surface area (Å²) in [7, 11) is 0. The number of hydrogen-bond acceptors (Lipinski definition) is 1. The van der Waals surface area contributed by atoms with Gasteiger partial charge in [-0.15, -0.1) is 0 Å². The van der Waals surface area contributed by atoms with Crippen molar-refractivity contribution in [3.63, 3.8) is 0 Å². The van der Waals surface area contributed by atoms with Crippen molar-refractivity contribution in [3.8, 4) is 0 Å². The maximum Gasteiger partial charge on any atom is 0.223 e. The van der Waals surface area contributed by atoms with Gasteiger partial charge in [-0.3, -0.25) is 4.79 Å². The molecule has 0 saturated heterocycles. The fourth-order valence-electron chi connectivity index (χ4n) is 2.60. The van der Waals surface area contributed by atoms with Crippen LogP contribution >= 0.6 is 0 Å². The van der Waals surface area contributed by atoms with Gasteiger partial charge in [0.2, 0.25) is 5.91 Å². The van der Waals surface area contributed by atoms with Crippen molar-refractivity contribution in [2.45, 2.75) is 45.6 Å². The quantitative estimate of drug-likeness (QED) is 0.848. The van der Waals surface area contributed by atoms with Crippen LogP contribution in [0.15, 0.2) is 24.3 Å². The lowest BCUT2D eigenvalue weighted by Crippen LogP contribution is -2.30. The minimum absolute atomic E-state index is 0.0582. The maximum atomic E-state index is 11.8. The summed E-state index contributed by atoms with van der Waals surface area (Å²) < 4.78 is 0. The average Bonchev–Trinajstić information content (AvgIpc) is 2.68. The van der Waals surface area contributed by atoms with E-state index in [1.54, 1.807) is 0 Å². The van der Waals surface area contributed by atoms with E-state index in [1.165, 1.54) is 11.1 Å². The molecule has 1 aromatic carbocycles. The van der Waals surface area contributed by atoms with Crippen molar-refractivity contribution in [1.82, 2.24) is 5.32 Å². The first-order valence-electron chi connectivity index (χ1n) is 6.52. The molecule has 1 amide bonds. The molecule has 2 rings (SSSR count). The summed E-state index contributed by atoms with van der Waals surface area (Å²) in [5.74, 6) is 0.813. The molecule has 92 valence electrons. The Morgan fingerprint density at radius 3 is 2.59 bits per heavy atom. The molecule has 2 atom stereocenters. The molecule has 0 saturated carbocycles. The molecule has 0 aromatic heterocycles. The van der Waals surface area contributed by atoms with E-state index in [2.05, 4.69) is 36.5 Å². The summed E-state index contributed by atoms with van der Waals surface area (Å²) in [6.07, 6.45) is 2.19. The number of carbonyl (C=O) groups is 1. The largest absolute Gasteiger partial charge is 0.349 e. The van der Waals surface area contributed by atoms with Gasteiger partial charge in [-0.25, -0.2) is 0 Å². The van der Waals surface area contributed by atoms with E-state index in [-0.39, 0.29) is 17.9 Å². The lowest BCUT2D eigenvalue weighted by molar-refractivity contribution is -0.124. The predicted octanol–water partition coefficient (Wildman–Crippen LogP) is 3.40. The van der Waals surface area contributed by atoms with Crippen LogP contribution < -0.4 is 5.32 Å². The van der Waals surface area contributed by atoms with Crippen LogP contribution in [-0.4, -0.2) is 5.91 Å². The molecule has 2 nitrogen and oxygen atoms in total. The summed E-state index contributed by atoms with van der Waals surface area (Å²) in [5.41, 5.74) is 2.73. The normalized spacial score (nSPS) is 22.6.